The third-order valence-corrected chi connectivity index (χ3v) is 5.95. The average Bonchev–Trinajstić information content (AvgIpc) is 2.40. The third-order valence-electron chi connectivity index (χ3n) is 5.72. The van der Waals surface area contributed by atoms with Gasteiger partial charge >= 0.3 is 0 Å². The monoisotopic (exact) mass is 322 g/mol. The maximum Gasteiger partial charge on any atom is 0.292 e. The Balaban J connectivity index is 1.62. The van der Waals surface area contributed by atoms with Crippen LogP contribution >= 0.6 is 11.6 Å². The van der Waals surface area contributed by atoms with E-state index in [2.05, 4.69) is 5.32 Å². The highest BCUT2D eigenvalue weighted by molar-refractivity contribution is 6.31. The van der Waals surface area contributed by atoms with Crippen LogP contribution in [0.15, 0.2) is 18.2 Å². The summed E-state index contributed by atoms with van der Waals surface area (Å²) < 4.78 is 0. The van der Waals surface area contributed by atoms with Crippen molar-refractivity contribution in [1.29, 1.82) is 0 Å². The Kier molecular flexibility index (Phi) is 3.13. The Hall–Kier alpha value is -1.33. The first kappa shape index (κ1) is 14.3. The van der Waals surface area contributed by atoms with Crippen LogP contribution in [0.2, 0.25) is 5.02 Å². The fourth-order valence-corrected chi connectivity index (χ4v) is 5.35. The van der Waals surface area contributed by atoms with Crippen LogP contribution in [0.4, 0.5) is 11.4 Å². The van der Waals surface area contributed by atoms with E-state index in [4.69, 9.17) is 11.6 Å². The third kappa shape index (κ3) is 2.27. The summed E-state index contributed by atoms with van der Waals surface area (Å²) in [6, 6.07) is 4.84. The number of nitro benzene ring substituents is 1. The second-order valence-electron chi connectivity index (χ2n) is 7.28. The summed E-state index contributed by atoms with van der Waals surface area (Å²) in [4.78, 5) is 10.8. The van der Waals surface area contributed by atoms with Gasteiger partial charge in [-0.25, -0.2) is 0 Å². The molecule has 118 valence electrons. The summed E-state index contributed by atoms with van der Waals surface area (Å²) >= 11 is 6.01. The van der Waals surface area contributed by atoms with Crippen LogP contribution in [0.25, 0.3) is 0 Å². The van der Waals surface area contributed by atoms with E-state index in [1.165, 1.54) is 6.07 Å². The van der Waals surface area contributed by atoms with Crippen LogP contribution in [0.1, 0.15) is 32.1 Å². The molecule has 4 saturated carbocycles. The highest BCUT2D eigenvalue weighted by atomic mass is 35.5. The fraction of sp³-hybridized carbons (Fsp3) is 0.625. The zero-order valence-electron chi connectivity index (χ0n) is 12.2. The van der Waals surface area contributed by atoms with Crippen molar-refractivity contribution in [2.75, 3.05) is 5.32 Å². The molecule has 0 aromatic heterocycles. The number of benzene rings is 1. The Morgan fingerprint density at radius 2 is 1.95 bits per heavy atom. The fourth-order valence-electron chi connectivity index (χ4n) is 5.18. The van der Waals surface area contributed by atoms with E-state index in [-0.39, 0.29) is 16.7 Å². The van der Waals surface area contributed by atoms with Crippen LogP contribution in [0.3, 0.4) is 0 Å². The molecule has 2 atom stereocenters. The highest BCUT2D eigenvalue weighted by Gasteiger charge is 2.54. The predicted molar refractivity (Wildman–Crippen MR) is 84.0 cm³/mol. The van der Waals surface area contributed by atoms with Gasteiger partial charge in [-0.15, -0.1) is 0 Å². The molecule has 2 N–H and O–H groups in total. The molecule has 4 aliphatic carbocycles. The molecule has 0 heterocycles. The van der Waals surface area contributed by atoms with Crippen molar-refractivity contribution in [3.63, 3.8) is 0 Å². The smallest absolute Gasteiger partial charge is 0.292 e. The standard InChI is InChI=1S/C16H19ClN2O3/c17-12-1-2-14(19(21)22)13(5-12)18-15-10-3-9-4-11(15)8-16(20,6-9)7-10/h1-2,5,9-11,15,18,20H,3-4,6-8H2/t9?,10-,11-,15?,16?/m0/s1. The minimum absolute atomic E-state index is 0.0666. The van der Waals surface area contributed by atoms with Crippen molar-refractivity contribution < 1.29 is 10.0 Å². The lowest BCUT2D eigenvalue weighted by Crippen LogP contribution is -2.58. The van der Waals surface area contributed by atoms with E-state index >= 15 is 0 Å². The first-order valence-corrected chi connectivity index (χ1v) is 8.24. The zero-order valence-corrected chi connectivity index (χ0v) is 12.9. The van der Waals surface area contributed by atoms with Gasteiger partial charge in [0.15, 0.2) is 0 Å². The molecule has 5 rings (SSSR count). The molecular weight excluding hydrogens is 304 g/mol. The lowest BCUT2D eigenvalue weighted by Gasteiger charge is -2.58. The van der Waals surface area contributed by atoms with E-state index in [0.29, 0.717) is 28.5 Å². The number of nitro groups is 1. The molecular formula is C16H19ClN2O3. The van der Waals surface area contributed by atoms with Crippen LogP contribution in [-0.2, 0) is 0 Å². The van der Waals surface area contributed by atoms with Gasteiger partial charge < -0.3 is 10.4 Å². The minimum atomic E-state index is -0.491. The maximum atomic E-state index is 11.2. The largest absolute Gasteiger partial charge is 0.390 e. The molecule has 1 aromatic carbocycles. The van der Waals surface area contributed by atoms with E-state index in [9.17, 15) is 15.2 Å². The van der Waals surface area contributed by atoms with Gasteiger partial charge in [-0.1, -0.05) is 11.6 Å². The molecule has 22 heavy (non-hydrogen) atoms. The Labute approximate surface area is 133 Å². The first-order chi connectivity index (χ1) is 10.4. The molecule has 0 saturated heterocycles. The minimum Gasteiger partial charge on any atom is -0.390 e. The topological polar surface area (TPSA) is 75.4 Å². The zero-order chi connectivity index (χ0) is 15.5. The number of anilines is 1. The van der Waals surface area contributed by atoms with Crippen molar-refractivity contribution in [3.8, 4) is 0 Å². The van der Waals surface area contributed by atoms with Gasteiger partial charge in [-0.05, 0) is 62.0 Å². The number of halogens is 1. The molecule has 0 aliphatic heterocycles. The molecule has 4 aliphatic rings. The molecule has 5 nitrogen and oxygen atoms in total. The quantitative estimate of drug-likeness (QED) is 0.658. The van der Waals surface area contributed by atoms with Gasteiger partial charge in [-0.2, -0.15) is 0 Å². The summed E-state index contributed by atoms with van der Waals surface area (Å²) in [6.07, 6.45) is 4.79. The Morgan fingerprint density at radius 3 is 2.55 bits per heavy atom. The average molecular weight is 323 g/mol. The van der Waals surface area contributed by atoms with Gasteiger partial charge in [-0.3, -0.25) is 10.1 Å². The number of nitrogens with zero attached hydrogens (tertiary/aromatic N) is 1. The molecule has 1 aromatic rings. The molecule has 0 radical (unpaired) electrons. The van der Waals surface area contributed by atoms with E-state index in [1.54, 1.807) is 12.1 Å². The Bertz CT molecular complexity index is 620. The highest BCUT2D eigenvalue weighted by Crippen LogP contribution is 2.56. The van der Waals surface area contributed by atoms with Crippen LogP contribution < -0.4 is 5.32 Å². The van der Waals surface area contributed by atoms with Crippen molar-refractivity contribution in [2.45, 2.75) is 43.7 Å². The van der Waals surface area contributed by atoms with Gasteiger partial charge in [0.25, 0.3) is 5.69 Å². The normalized spacial score (nSPS) is 39.0. The number of hydrogen-bond donors (Lipinski definition) is 2. The van der Waals surface area contributed by atoms with Gasteiger partial charge in [0, 0.05) is 17.1 Å². The summed E-state index contributed by atoms with van der Waals surface area (Å²) in [7, 11) is 0. The summed E-state index contributed by atoms with van der Waals surface area (Å²) in [5.74, 6) is 1.42. The molecule has 0 spiro atoms. The summed E-state index contributed by atoms with van der Waals surface area (Å²) in [5.41, 5.74) is 0.0773. The van der Waals surface area contributed by atoms with Crippen molar-refractivity contribution >= 4 is 23.0 Å². The molecule has 6 heteroatoms. The SMILES string of the molecule is O=[N+]([O-])c1ccc(Cl)cc1NC1[C@H]2CC3C[C@H]1CC(O)(C3)C2. The number of rotatable bonds is 3. The lowest BCUT2D eigenvalue weighted by molar-refractivity contribution is -0.384. The Morgan fingerprint density at radius 1 is 1.27 bits per heavy atom. The summed E-state index contributed by atoms with van der Waals surface area (Å²) in [5, 5.41) is 25.7. The van der Waals surface area contributed by atoms with E-state index in [1.807, 2.05) is 0 Å². The van der Waals surface area contributed by atoms with Crippen molar-refractivity contribution in [2.24, 2.45) is 17.8 Å². The summed E-state index contributed by atoms with van der Waals surface area (Å²) in [6.45, 7) is 0. The van der Waals surface area contributed by atoms with Gasteiger partial charge in [0.2, 0.25) is 0 Å². The van der Waals surface area contributed by atoms with Gasteiger partial charge in [0.05, 0.1) is 10.5 Å². The van der Waals surface area contributed by atoms with Crippen molar-refractivity contribution in [1.82, 2.24) is 0 Å². The molecule has 4 bridgehead atoms. The number of hydrogen-bond acceptors (Lipinski definition) is 4. The second kappa shape index (κ2) is 4.83. The maximum absolute atomic E-state index is 11.2. The predicted octanol–water partition coefficient (Wildman–Crippen LogP) is 3.60. The number of nitrogens with one attached hydrogen (secondary N) is 1. The van der Waals surface area contributed by atoms with Crippen molar-refractivity contribution in [3.05, 3.63) is 33.3 Å². The first-order valence-electron chi connectivity index (χ1n) is 7.86. The van der Waals surface area contributed by atoms with Gasteiger partial charge in [0.1, 0.15) is 5.69 Å². The molecule has 4 fully saturated rings. The number of aliphatic hydroxyl groups is 1. The molecule has 0 amide bonds. The lowest BCUT2D eigenvalue weighted by atomic mass is 9.52. The van der Waals surface area contributed by atoms with E-state index < -0.39 is 5.60 Å². The van der Waals surface area contributed by atoms with Crippen LogP contribution in [0.5, 0.6) is 0 Å². The van der Waals surface area contributed by atoms with Crippen LogP contribution in [-0.4, -0.2) is 21.7 Å². The second-order valence-corrected chi connectivity index (χ2v) is 7.72. The van der Waals surface area contributed by atoms with Crippen LogP contribution in [0, 0.1) is 27.9 Å². The van der Waals surface area contributed by atoms with E-state index in [0.717, 1.165) is 32.1 Å². The molecule has 0 unspecified atom stereocenters.